The molecule has 0 aliphatic carbocycles. The predicted octanol–water partition coefficient (Wildman–Crippen LogP) is 1.34. The Morgan fingerprint density at radius 1 is 1.32 bits per heavy atom. The zero-order valence-electron chi connectivity index (χ0n) is 16.3. The first-order chi connectivity index (χ1) is 13.4. The van der Waals surface area contributed by atoms with Crippen LogP contribution in [0.25, 0.3) is 0 Å². The predicted molar refractivity (Wildman–Crippen MR) is 107 cm³/mol. The fourth-order valence-corrected chi connectivity index (χ4v) is 3.30. The number of rotatable bonds is 7. The van der Waals surface area contributed by atoms with Crippen LogP contribution in [0.2, 0.25) is 0 Å². The first-order valence-corrected chi connectivity index (χ1v) is 9.41. The van der Waals surface area contributed by atoms with Gasteiger partial charge in [0.25, 0.3) is 5.91 Å². The lowest BCUT2D eigenvalue weighted by Gasteiger charge is -2.29. The number of hydrogen-bond acceptors (Lipinski definition) is 6. The largest absolute Gasteiger partial charge is 0.379 e. The number of halogens is 1. The molecular formula is C20H27FN6O. The van der Waals surface area contributed by atoms with Crippen molar-refractivity contribution in [2.45, 2.75) is 31.6 Å². The second-order valence-electron chi connectivity index (χ2n) is 7.42. The minimum Gasteiger partial charge on any atom is -0.379 e. The van der Waals surface area contributed by atoms with E-state index in [2.05, 4.69) is 25.5 Å². The monoisotopic (exact) mass is 386 g/mol. The van der Waals surface area contributed by atoms with Gasteiger partial charge < -0.3 is 21.3 Å². The summed E-state index contributed by atoms with van der Waals surface area (Å²) in [5.74, 6) is -0.586. The van der Waals surface area contributed by atoms with E-state index in [0.717, 1.165) is 30.0 Å². The summed E-state index contributed by atoms with van der Waals surface area (Å²) in [6.07, 6.45) is 3.42. The summed E-state index contributed by atoms with van der Waals surface area (Å²) in [4.78, 5) is 22.7. The van der Waals surface area contributed by atoms with Crippen molar-refractivity contribution < 1.29 is 9.18 Å². The number of hydrogen-bond donors (Lipinski definition) is 3. The Morgan fingerprint density at radius 2 is 2.11 bits per heavy atom. The number of alkyl halides is 1. The lowest BCUT2D eigenvalue weighted by atomic mass is 10.0. The van der Waals surface area contributed by atoms with Gasteiger partial charge in [0.15, 0.2) is 0 Å². The van der Waals surface area contributed by atoms with Crippen LogP contribution in [0.15, 0.2) is 30.6 Å². The summed E-state index contributed by atoms with van der Waals surface area (Å²) in [7, 11) is 4.02. The third-order valence-corrected chi connectivity index (χ3v) is 4.72. The van der Waals surface area contributed by atoms with Gasteiger partial charge in [0.1, 0.15) is 6.17 Å². The molecular weight excluding hydrogens is 359 g/mol. The van der Waals surface area contributed by atoms with E-state index < -0.39 is 12.1 Å². The van der Waals surface area contributed by atoms with Crippen molar-refractivity contribution in [2.24, 2.45) is 5.73 Å². The molecule has 2 atom stereocenters. The number of nitrogens with zero attached hydrogens (tertiary/aromatic N) is 3. The van der Waals surface area contributed by atoms with Gasteiger partial charge in [0.2, 0.25) is 0 Å². The van der Waals surface area contributed by atoms with Crippen LogP contribution < -0.4 is 16.4 Å². The van der Waals surface area contributed by atoms with Gasteiger partial charge in [-0.15, -0.1) is 0 Å². The fraction of sp³-hybridized carbons (Fsp3) is 0.450. The molecule has 1 fully saturated rings. The van der Waals surface area contributed by atoms with Gasteiger partial charge >= 0.3 is 0 Å². The second-order valence-corrected chi connectivity index (χ2v) is 7.42. The quantitative estimate of drug-likeness (QED) is 0.665. The number of nitrogens with two attached hydrogens (primary N) is 1. The molecule has 1 saturated heterocycles. The van der Waals surface area contributed by atoms with E-state index in [1.165, 1.54) is 6.20 Å². The standard InChI is InChI=1S/C20H27FN6O/c1-27(2)12-13-3-4-14(24-9-13)7-15-8-19(16(10-25-15)20(22)28)26-18-5-6-23-11-17(18)21/h3-4,8-10,17-18,23H,5-7,11-12H2,1-2H3,(H2,22,28)(H,25,26)/t17-,18+/m0/s1. The number of carbonyl (C=O) groups excluding carboxylic acids is 1. The summed E-state index contributed by atoms with van der Waals surface area (Å²) in [5.41, 5.74) is 9.01. The smallest absolute Gasteiger partial charge is 0.252 e. The molecule has 8 heteroatoms. The number of pyridine rings is 2. The fourth-order valence-electron chi connectivity index (χ4n) is 3.30. The van der Waals surface area contributed by atoms with E-state index in [4.69, 9.17) is 5.73 Å². The SMILES string of the molecule is CN(C)Cc1ccc(Cc2cc(N[C@@H]3CCNC[C@@H]3F)c(C(N)=O)cn2)nc1. The highest BCUT2D eigenvalue weighted by atomic mass is 19.1. The van der Waals surface area contributed by atoms with Gasteiger partial charge in [0, 0.05) is 43.3 Å². The molecule has 0 bridgehead atoms. The van der Waals surface area contributed by atoms with E-state index in [1.807, 2.05) is 32.4 Å². The lowest BCUT2D eigenvalue weighted by molar-refractivity contribution is 0.100. The molecule has 2 aromatic rings. The topological polar surface area (TPSA) is 96.2 Å². The Kier molecular flexibility index (Phi) is 6.53. The zero-order valence-corrected chi connectivity index (χ0v) is 16.3. The third-order valence-electron chi connectivity index (χ3n) is 4.72. The molecule has 1 aliphatic rings. The van der Waals surface area contributed by atoms with Gasteiger partial charge in [-0.25, -0.2) is 4.39 Å². The van der Waals surface area contributed by atoms with Crippen molar-refractivity contribution in [3.8, 4) is 0 Å². The van der Waals surface area contributed by atoms with Crippen molar-refractivity contribution in [1.82, 2.24) is 20.2 Å². The van der Waals surface area contributed by atoms with Gasteiger partial charge in [0.05, 0.1) is 17.3 Å². The van der Waals surface area contributed by atoms with E-state index in [-0.39, 0.29) is 11.6 Å². The highest BCUT2D eigenvalue weighted by Crippen LogP contribution is 2.21. The van der Waals surface area contributed by atoms with Gasteiger partial charge in [-0.3, -0.25) is 14.8 Å². The molecule has 0 unspecified atom stereocenters. The van der Waals surface area contributed by atoms with Crippen LogP contribution in [0.3, 0.4) is 0 Å². The number of nitrogens with one attached hydrogen (secondary N) is 2. The van der Waals surface area contributed by atoms with E-state index in [0.29, 0.717) is 25.1 Å². The summed E-state index contributed by atoms with van der Waals surface area (Å²) in [6.45, 7) is 1.85. The van der Waals surface area contributed by atoms with Crippen molar-refractivity contribution in [3.63, 3.8) is 0 Å². The maximum absolute atomic E-state index is 14.2. The van der Waals surface area contributed by atoms with Crippen LogP contribution in [0.5, 0.6) is 0 Å². The summed E-state index contributed by atoms with van der Waals surface area (Å²) < 4.78 is 14.2. The van der Waals surface area contributed by atoms with Crippen molar-refractivity contribution in [2.75, 3.05) is 32.5 Å². The molecule has 3 heterocycles. The maximum Gasteiger partial charge on any atom is 0.252 e. The van der Waals surface area contributed by atoms with Crippen LogP contribution in [0.1, 0.15) is 33.7 Å². The number of amides is 1. The minimum absolute atomic E-state index is 0.267. The Morgan fingerprint density at radius 3 is 2.75 bits per heavy atom. The van der Waals surface area contributed by atoms with Gasteiger partial charge in [-0.05, 0) is 44.8 Å². The summed E-state index contributed by atoms with van der Waals surface area (Å²) >= 11 is 0. The number of primary amides is 1. The average molecular weight is 386 g/mol. The molecule has 0 aromatic carbocycles. The zero-order chi connectivity index (χ0) is 20.1. The summed E-state index contributed by atoms with van der Waals surface area (Å²) in [5, 5.41) is 6.17. The molecule has 1 aliphatic heterocycles. The second kappa shape index (κ2) is 9.07. The molecule has 7 nitrogen and oxygen atoms in total. The molecule has 150 valence electrons. The molecule has 0 saturated carbocycles. The first-order valence-electron chi connectivity index (χ1n) is 9.41. The Labute approximate surface area is 164 Å². The van der Waals surface area contributed by atoms with Crippen LogP contribution in [-0.4, -0.2) is 60.2 Å². The molecule has 28 heavy (non-hydrogen) atoms. The third kappa shape index (κ3) is 5.24. The van der Waals surface area contributed by atoms with Crippen LogP contribution in [0.4, 0.5) is 10.1 Å². The molecule has 3 rings (SSSR count). The minimum atomic E-state index is -1.03. The molecule has 4 N–H and O–H groups in total. The number of aromatic nitrogens is 2. The number of carbonyl (C=O) groups is 1. The molecule has 0 radical (unpaired) electrons. The van der Waals surface area contributed by atoms with Crippen LogP contribution in [0, 0.1) is 0 Å². The maximum atomic E-state index is 14.2. The van der Waals surface area contributed by atoms with E-state index in [9.17, 15) is 9.18 Å². The van der Waals surface area contributed by atoms with Crippen molar-refractivity contribution in [3.05, 3.63) is 53.1 Å². The molecule has 2 aromatic heterocycles. The first kappa shape index (κ1) is 20.2. The van der Waals surface area contributed by atoms with Crippen molar-refractivity contribution >= 4 is 11.6 Å². The highest BCUT2D eigenvalue weighted by molar-refractivity contribution is 5.98. The molecule has 0 spiro atoms. The van der Waals surface area contributed by atoms with E-state index in [1.54, 1.807) is 6.07 Å². The summed E-state index contributed by atoms with van der Waals surface area (Å²) in [6, 6.07) is 5.42. The van der Waals surface area contributed by atoms with E-state index >= 15 is 0 Å². The molecule has 1 amide bonds. The Bertz CT molecular complexity index is 811. The average Bonchev–Trinajstić information content (AvgIpc) is 2.65. The lowest BCUT2D eigenvalue weighted by Crippen LogP contribution is -2.45. The number of anilines is 1. The van der Waals surface area contributed by atoms with Gasteiger partial charge in [-0.2, -0.15) is 0 Å². The normalized spacial score (nSPS) is 19.6. The van der Waals surface area contributed by atoms with Crippen LogP contribution in [-0.2, 0) is 13.0 Å². The van der Waals surface area contributed by atoms with Crippen LogP contribution >= 0.6 is 0 Å². The highest BCUT2D eigenvalue weighted by Gasteiger charge is 2.25. The van der Waals surface area contributed by atoms with Crippen molar-refractivity contribution in [1.29, 1.82) is 0 Å². The Balaban J connectivity index is 1.77. The number of piperidine rings is 1. The Hall–Kier alpha value is -2.58. The van der Waals surface area contributed by atoms with Gasteiger partial charge in [-0.1, -0.05) is 6.07 Å².